The van der Waals surface area contributed by atoms with Crippen LogP contribution in [-0.4, -0.2) is 41.8 Å². The summed E-state index contributed by atoms with van der Waals surface area (Å²) in [4.78, 5) is 2.54. The maximum Gasteiger partial charge on any atom is 0.122 e. The number of nitrogens with zero attached hydrogens (tertiary/aromatic N) is 1. The molecule has 1 aromatic rings. The van der Waals surface area contributed by atoms with E-state index in [0.29, 0.717) is 24.3 Å². The van der Waals surface area contributed by atoms with Crippen molar-refractivity contribution in [3.63, 3.8) is 0 Å². The van der Waals surface area contributed by atoms with Crippen molar-refractivity contribution >= 4 is 0 Å². The number of piperidine rings is 1. The Kier molecular flexibility index (Phi) is 4.95. The van der Waals surface area contributed by atoms with Crippen molar-refractivity contribution in [1.82, 2.24) is 4.90 Å². The van der Waals surface area contributed by atoms with Crippen LogP contribution in [0.5, 0.6) is 5.75 Å². The number of phenols is 1. The zero-order valence-corrected chi connectivity index (χ0v) is 14.6. The van der Waals surface area contributed by atoms with Crippen LogP contribution in [0.3, 0.4) is 0 Å². The van der Waals surface area contributed by atoms with Gasteiger partial charge in [0.1, 0.15) is 5.75 Å². The number of aromatic hydroxyl groups is 1. The highest BCUT2D eigenvalue weighted by Crippen LogP contribution is 2.40. The Labute approximate surface area is 139 Å². The number of aryl methyl sites for hydroxylation is 1. The molecule has 3 N–H and O–H groups in total. The molecule has 0 unspecified atom stereocenters. The Bertz CT molecular complexity index is 551. The molecule has 4 heteroatoms. The Morgan fingerprint density at radius 3 is 2.61 bits per heavy atom. The highest BCUT2D eigenvalue weighted by Gasteiger charge is 2.35. The highest BCUT2D eigenvalue weighted by molar-refractivity contribution is 5.47. The molecule has 1 fully saturated rings. The van der Waals surface area contributed by atoms with Crippen LogP contribution in [0, 0.1) is 12.8 Å². The van der Waals surface area contributed by atoms with E-state index in [2.05, 4.69) is 24.8 Å². The van der Waals surface area contributed by atoms with Crippen LogP contribution in [0.1, 0.15) is 49.5 Å². The van der Waals surface area contributed by atoms with E-state index in [0.717, 1.165) is 36.2 Å². The van der Waals surface area contributed by atoms with Crippen molar-refractivity contribution in [1.29, 1.82) is 0 Å². The normalized spacial score (nSPS) is 26.5. The summed E-state index contributed by atoms with van der Waals surface area (Å²) >= 11 is 0. The molecule has 0 bridgehead atoms. The van der Waals surface area contributed by atoms with Gasteiger partial charge in [-0.15, -0.1) is 0 Å². The largest absolute Gasteiger partial charge is 0.507 e. The Morgan fingerprint density at radius 1 is 1.30 bits per heavy atom. The van der Waals surface area contributed by atoms with Crippen molar-refractivity contribution in [3.05, 3.63) is 28.8 Å². The first-order chi connectivity index (χ1) is 11.0. The molecule has 0 radical (unpaired) electrons. The third kappa shape index (κ3) is 3.25. The molecular formula is C19H30N2O2. The van der Waals surface area contributed by atoms with E-state index in [4.69, 9.17) is 10.5 Å². The van der Waals surface area contributed by atoms with Gasteiger partial charge in [-0.3, -0.25) is 0 Å². The van der Waals surface area contributed by atoms with Gasteiger partial charge in [-0.1, -0.05) is 12.1 Å². The second-order valence-electron chi connectivity index (χ2n) is 7.37. The lowest BCUT2D eigenvalue weighted by Crippen LogP contribution is -2.44. The quantitative estimate of drug-likeness (QED) is 0.900. The summed E-state index contributed by atoms with van der Waals surface area (Å²) in [5.74, 6) is 1.00. The van der Waals surface area contributed by atoms with Gasteiger partial charge in [0.05, 0.1) is 12.2 Å². The molecule has 3 rings (SSSR count). The Morgan fingerprint density at radius 2 is 2.00 bits per heavy atom. The molecule has 23 heavy (non-hydrogen) atoms. The molecule has 0 amide bonds. The summed E-state index contributed by atoms with van der Waals surface area (Å²) in [6.45, 7) is 9.23. The van der Waals surface area contributed by atoms with Crippen LogP contribution in [0.2, 0.25) is 0 Å². The first kappa shape index (κ1) is 16.7. The van der Waals surface area contributed by atoms with Gasteiger partial charge in [-0.05, 0) is 63.7 Å². The lowest BCUT2D eigenvalue weighted by molar-refractivity contribution is -0.0662. The summed E-state index contributed by atoms with van der Waals surface area (Å²) in [7, 11) is 0. The Balaban J connectivity index is 1.77. The van der Waals surface area contributed by atoms with E-state index in [1.165, 1.54) is 12.8 Å². The SMILES string of the molecule is Cc1ccc2c(c1O)C[C@@H](C1CCN(C(C)C)CC1)O[C@H]2CN. The molecule has 2 heterocycles. The molecule has 0 aromatic heterocycles. The zero-order chi connectivity index (χ0) is 16.6. The van der Waals surface area contributed by atoms with Crippen molar-refractivity contribution in [2.24, 2.45) is 11.7 Å². The van der Waals surface area contributed by atoms with Gasteiger partial charge >= 0.3 is 0 Å². The van der Waals surface area contributed by atoms with Crippen molar-refractivity contribution in [2.45, 2.75) is 58.3 Å². The van der Waals surface area contributed by atoms with E-state index in [1.54, 1.807) is 0 Å². The van der Waals surface area contributed by atoms with Crippen LogP contribution < -0.4 is 5.73 Å². The molecule has 2 aliphatic rings. The summed E-state index contributed by atoms with van der Waals surface area (Å²) in [5, 5.41) is 10.5. The first-order valence-corrected chi connectivity index (χ1v) is 8.92. The minimum atomic E-state index is -0.0848. The third-order valence-corrected chi connectivity index (χ3v) is 5.66. The van der Waals surface area contributed by atoms with E-state index in [1.807, 2.05) is 13.0 Å². The molecule has 1 aromatic carbocycles. The number of fused-ring (bicyclic) bond motifs is 1. The van der Waals surface area contributed by atoms with Gasteiger partial charge in [0, 0.05) is 24.6 Å². The fraction of sp³-hybridized carbons (Fsp3) is 0.684. The molecule has 2 atom stereocenters. The summed E-state index contributed by atoms with van der Waals surface area (Å²) in [6, 6.07) is 4.65. The number of hydrogen-bond acceptors (Lipinski definition) is 4. The van der Waals surface area contributed by atoms with Crippen molar-refractivity contribution in [3.8, 4) is 5.75 Å². The van der Waals surface area contributed by atoms with Crippen LogP contribution in [-0.2, 0) is 11.2 Å². The summed E-state index contributed by atoms with van der Waals surface area (Å²) in [6.07, 6.45) is 3.24. The maximum absolute atomic E-state index is 10.5. The summed E-state index contributed by atoms with van der Waals surface area (Å²) < 4.78 is 6.34. The lowest BCUT2D eigenvalue weighted by Gasteiger charge is -2.41. The van der Waals surface area contributed by atoms with Gasteiger partial charge in [0.15, 0.2) is 0 Å². The predicted molar refractivity (Wildman–Crippen MR) is 92.6 cm³/mol. The number of rotatable bonds is 3. The topological polar surface area (TPSA) is 58.7 Å². The van der Waals surface area contributed by atoms with E-state index in [9.17, 15) is 5.11 Å². The smallest absolute Gasteiger partial charge is 0.122 e. The van der Waals surface area contributed by atoms with E-state index >= 15 is 0 Å². The monoisotopic (exact) mass is 318 g/mol. The number of likely N-dealkylation sites (tertiary alicyclic amines) is 1. The number of benzene rings is 1. The standard InChI is InChI=1S/C19H30N2O2/c1-12(2)21-8-6-14(7-9-21)17-10-16-15(18(11-20)23-17)5-4-13(3)19(16)22/h4-5,12,14,17-18,22H,6-11,20H2,1-3H3/t17-,18-/m0/s1. The van der Waals surface area contributed by atoms with Crippen molar-refractivity contribution in [2.75, 3.05) is 19.6 Å². The molecule has 4 nitrogen and oxygen atoms in total. The van der Waals surface area contributed by atoms with Crippen LogP contribution >= 0.6 is 0 Å². The summed E-state index contributed by atoms with van der Waals surface area (Å²) in [5.41, 5.74) is 9.02. The molecule has 128 valence electrons. The number of phenolic OH excluding ortho intramolecular Hbond substituents is 1. The zero-order valence-electron chi connectivity index (χ0n) is 14.6. The second-order valence-corrected chi connectivity index (χ2v) is 7.37. The predicted octanol–water partition coefficient (Wildman–Crippen LogP) is 2.76. The van der Waals surface area contributed by atoms with Crippen LogP contribution in [0.25, 0.3) is 0 Å². The van der Waals surface area contributed by atoms with Gasteiger partial charge in [0.25, 0.3) is 0 Å². The second kappa shape index (κ2) is 6.80. The molecule has 0 spiro atoms. The lowest BCUT2D eigenvalue weighted by atomic mass is 9.83. The third-order valence-electron chi connectivity index (χ3n) is 5.66. The molecular weight excluding hydrogens is 288 g/mol. The molecule has 1 saturated heterocycles. The van der Waals surface area contributed by atoms with Crippen molar-refractivity contribution < 1.29 is 9.84 Å². The minimum absolute atomic E-state index is 0.0848. The molecule has 0 saturated carbocycles. The number of hydrogen-bond donors (Lipinski definition) is 2. The van der Waals surface area contributed by atoms with Gasteiger partial charge in [-0.2, -0.15) is 0 Å². The number of nitrogens with two attached hydrogens (primary N) is 1. The maximum atomic E-state index is 10.5. The fourth-order valence-corrected chi connectivity index (χ4v) is 4.09. The number of ether oxygens (including phenoxy) is 1. The minimum Gasteiger partial charge on any atom is -0.507 e. The van der Waals surface area contributed by atoms with Crippen LogP contribution in [0.15, 0.2) is 12.1 Å². The molecule has 0 aliphatic carbocycles. The fourth-order valence-electron chi connectivity index (χ4n) is 4.09. The van der Waals surface area contributed by atoms with E-state index < -0.39 is 0 Å². The van der Waals surface area contributed by atoms with Gasteiger partial charge in [0.2, 0.25) is 0 Å². The first-order valence-electron chi connectivity index (χ1n) is 8.92. The van der Waals surface area contributed by atoms with Crippen LogP contribution in [0.4, 0.5) is 0 Å². The highest BCUT2D eigenvalue weighted by atomic mass is 16.5. The molecule has 2 aliphatic heterocycles. The Hall–Kier alpha value is -1.10. The van der Waals surface area contributed by atoms with Gasteiger partial charge < -0.3 is 20.5 Å². The average Bonchev–Trinajstić information content (AvgIpc) is 2.57. The van der Waals surface area contributed by atoms with E-state index in [-0.39, 0.29) is 12.2 Å². The average molecular weight is 318 g/mol. The van der Waals surface area contributed by atoms with Gasteiger partial charge in [-0.25, -0.2) is 0 Å².